The lowest BCUT2D eigenvalue weighted by molar-refractivity contribution is 0.100. The summed E-state index contributed by atoms with van der Waals surface area (Å²) in [5, 5.41) is 2.10. The van der Waals surface area contributed by atoms with Gasteiger partial charge < -0.3 is 11.5 Å². The zero-order chi connectivity index (χ0) is 13.3. The molecule has 0 aliphatic carbocycles. The van der Waals surface area contributed by atoms with Crippen molar-refractivity contribution in [3.8, 4) is 0 Å². The number of benzene rings is 1. The van der Waals surface area contributed by atoms with E-state index in [1.54, 1.807) is 11.8 Å². The van der Waals surface area contributed by atoms with E-state index in [9.17, 15) is 4.79 Å². The second-order valence-corrected chi connectivity index (χ2v) is 5.29. The number of amides is 1. The summed E-state index contributed by atoms with van der Waals surface area (Å²) in [6.07, 6.45) is 0.930. The minimum Gasteiger partial charge on any atom is -0.370 e. The molecule has 94 valence electrons. The number of carbonyl (C=O) groups is 1. The van der Waals surface area contributed by atoms with Crippen molar-refractivity contribution >= 4 is 23.6 Å². The van der Waals surface area contributed by atoms with E-state index in [1.807, 2.05) is 19.1 Å². The topological polar surface area (TPSA) is 81.5 Å². The van der Waals surface area contributed by atoms with Crippen LogP contribution in [-0.2, 0) is 6.42 Å². The minimum atomic E-state index is -0.387. The predicted molar refractivity (Wildman–Crippen MR) is 74.6 cm³/mol. The van der Waals surface area contributed by atoms with Crippen molar-refractivity contribution in [1.29, 1.82) is 0 Å². The molecule has 1 aromatic rings. The molecule has 1 aromatic carbocycles. The molecule has 1 heterocycles. The van der Waals surface area contributed by atoms with E-state index in [0.717, 1.165) is 16.9 Å². The molecule has 0 aromatic heterocycles. The number of thioether (sulfide) groups is 1. The lowest BCUT2D eigenvalue weighted by Crippen LogP contribution is -2.24. The molecule has 1 aliphatic heterocycles. The summed E-state index contributed by atoms with van der Waals surface area (Å²) in [7, 11) is 0. The maximum atomic E-state index is 11.9. The molecule has 4 nitrogen and oxygen atoms in total. The van der Waals surface area contributed by atoms with Gasteiger partial charge in [0, 0.05) is 10.5 Å². The molecular formula is C13H15N3OS. The summed E-state index contributed by atoms with van der Waals surface area (Å²) in [5.41, 5.74) is 14.5. The molecule has 0 radical (unpaired) electrons. The molecule has 0 saturated carbocycles. The fraction of sp³-hybridized carbons (Fsp3) is 0.231. The number of allylic oxidation sites excluding steroid dienone is 1. The van der Waals surface area contributed by atoms with E-state index >= 15 is 0 Å². The molecule has 5 heteroatoms. The Balaban J connectivity index is 2.42. The van der Waals surface area contributed by atoms with Crippen LogP contribution in [0.5, 0.6) is 0 Å². The van der Waals surface area contributed by atoms with Crippen LogP contribution in [0.2, 0.25) is 0 Å². The van der Waals surface area contributed by atoms with Crippen molar-refractivity contribution in [2.45, 2.75) is 25.2 Å². The van der Waals surface area contributed by atoms with E-state index in [4.69, 9.17) is 11.5 Å². The average molecular weight is 261 g/mol. The number of carbonyl (C=O) groups excluding carboxylic acids is 1. The first-order valence-corrected chi connectivity index (χ1v) is 6.45. The van der Waals surface area contributed by atoms with Crippen molar-refractivity contribution in [3.63, 3.8) is 0 Å². The van der Waals surface area contributed by atoms with Crippen LogP contribution in [0.3, 0.4) is 0 Å². The Morgan fingerprint density at radius 2 is 2.06 bits per heavy atom. The first-order chi connectivity index (χ1) is 8.47. The normalized spacial score (nSPS) is 13.6. The highest BCUT2D eigenvalue weighted by Gasteiger charge is 2.15. The monoisotopic (exact) mass is 261 g/mol. The second-order valence-electron chi connectivity index (χ2n) is 4.38. The first-order valence-electron chi connectivity index (χ1n) is 5.57. The van der Waals surface area contributed by atoms with Gasteiger partial charge >= 0.3 is 0 Å². The van der Waals surface area contributed by atoms with Crippen LogP contribution in [0.15, 0.2) is 33.0 Å². The SMILES string of the molecule is CC1=CSc2cc(C(=O)N=C(N)N)c(C)cc2C1. The predicted octanol–water partition coefficient (Wildman–Crippen LogP) is 1.96. The van der Waals surface area contributed by atoms with Crippen molar-refractivity contribution < 1.29 is 4.79 Å². The third-order valence-corrected chi connectivity index (χ3v) is 3.88. The molecular weight excluding hydrogens is 246 g/mol. The number of hydrogen-bond acceptors (Lipinski definition) is 2. The molecule has 18 heavy (non-hydrogen) atoms. The molecule has 4 N–H and O–H groups in total. The number of fused-ring (bicyclic) bond motifs is 1. The van der Waals surface area contributed by atoms with Crippen LogP contribution in [0.25, 0.3) is 0 Å². The smallest absolute Gasteiger partial charge is 0.280 e. The number of rotatable bonds is 1. The van der Waals surface area contributed by atoms with Crippen LogP contribution < -0.4 is 11.5 Å². The quantitative estimate of drug-likeness (QED) is 0.598. The molecule has 0 atom stereocenters. The summed E-state index contributed by atoms with van der Waals surface area (Å²) in [5.74, 6) is -0.595. The minimum absolute atomic E-state index is 0.208. The Morgan fingerprint density at radius 1 is 1.33 bits per heavy atom. The van der Waals surface area contributed by atoms with Gasteiger partial charge in [-0.15, -0.1) is 0 Å². The van der Waals surface area contributed by atoms with Crippen LogP contribution in [0.4, 0.5) is 0 Å². The average Bonchev–Trinajstić information content (AvgIpc) is 2.26. The van der Waals surface area contributed by atoms with Crippen molar-refractivity contribution in [3.05, 3.63) is 39.8 Å². The Bertz CT molecular complexity index is 572. The van der Waals surface area contributed by atoms with Gasteiger partial charge in [-0.3, -0.25) is 4.79 Å². The molecule has 0 fully saturated rings. The Kier molecular flexibility index (Phi) is 3.43. The van der Waals surface area contributed by atoms with Crippen LogP contribution in [0.1, 0.15) is 28.4 Å². The summed E-state index contributed by atoms with van der Waals surface area (Å²) in [6, 6.07) is 3.90. The van der Waals surface area contributed by atoms with Gasteiger partial charge in [-0.1, -0.05) is 23.4 Å². The largest absolute Gasteiger partial charge is 0.370 e. The van der Waals surface area contributed by atoms with Crippen LogP contribution in [0, 0.1) is 6.92 Å². The van der Waals surface area contributed by atoms with Gasteiger partial charge in [0.05, 0.1) is 0 Å². The van der Waals surface area contributed by atoms with E-state index in [2.05, 4.69) is 17.3 Å². The fourth-order valence-corrected chi connectivity index (χ4v) is 2.79. The zero-order valence-electron chi connectivity index (χ0n) is 10.4. The number of aliphatic imine (C=N–C) groups is 1. The molecule has 1 aliphatic rings. The lowest BCUT2D eigenvalue weighted by Gasteiger charge is -2.16. The van der Waals surface area contributed by atoms with E-state index in [-0.39, 0.29) is 11.9 Å². The van der Waals surface area contributed by atoms with Gasteiger partial charge in [0.2, 0.25) is 0 Å². The van der Waals surface area contributed by atoms with E-state index in [0.29, 0.717) is 5.56 Å². The molecule has 1 amide bonds. The maximum absolute atomic E-state index is 11.9. The van der Waals surface area contributed by atoms with Gasteiger partial charge in [-0.2, -0.15) is 4.99 Å². The highest BCUT2D eigenvalue weighted by Crippen LogP contribution is 2.34. The summed E-state index contributed by atoms with van der Waals surface area (Å²) in [6.45, 7) is 4.00. The molecule has 0 spiro atoms. The van der Waals surface area contributed by atoms with Crippen LogP contribution >= 0.6 is 11.8 Å². The Hall–Kier alpha value is -1.75. The maximum Gasteiger partial charge on any atom is 0.280 e. The Morgan fingerprint density at radius 3 is 2.72 bits per heavy atom. The number of aryl methyl sites for hydroxylation is 1. The molecule has 0 saturated heterocycles. The Labute approximate surface area is 110 Å². The van der Waals surface area contributed by atoms with Crippen molar-refractivity contribution in [1.82, 2.24) is 0 Å². The van der Waals surface area contributed by atoms with Gasteiger partial charge in [-0.05, 0) is 42.9 Å². The van der Waals surface area contributed by atoms with E-state index < -0.39 is 0 Å². The molecule has 0 bridgehead atoms. The second kappa shape index (κ2) is 4.86. The lowest BCUT2D eigenvalue weighted by atomic mass is 10.00. The first kappa shape index (κ1) is 12.7. The third kappa shape index (κ3) is 2.56. The van der Waals surface area contributed by atoms with Gasteiger partial charge in [0.25, 0.3) is 5.91 Å². The number of nitrogens with zero attached hydrogens (tertiary/aromatic N) is 1. The highest BCUT2D eigenvalue weighted by molar-refractivity contribution is 8.02. The van der Waals surface area contributed by atoms with Gasteiger partial charge in [0.15, 0.2) is 5.96 Å². The van der Waals surface area contributed by atoms with Crippen LogP contribution in [-0.4, -0.2) is 11.9 Å². The molecule has 2 rings (SSSR count). The number of nitrogens with two attached hydrogens (primary N) is 2. The summed E-state index contributed by atoms with van der Waals surface area (Å²) < 4.78 is 0. The molecule has 0 unspecified atom stereocenters. The van der Waals surface area contributed by atoms with Crippen molar-refractivity contribution in [2.75, 3.05) is 0 Å². The van der Waals surface area contributed by atoms with E-state index in [1.165, 1.54) is 11.1 Å². The summed E-state index contributed by atoms with van der Waals surface area (Å²) >= 11 is 1.63. The zero-order valence-corrected chi connectivity index (χ0v) is 11.2. The van der Waals surface area contributed by atoms with Crippen molar-refractivity contribution in [2.24, 2.45) is 16.5 Å². The standard InChI is InChI=1S/C13H15N3OS/c1-7-3-9-4-8(2)10(5-11(9)18-6-7)12(17)16-13(14)15/h4-6H,3H2,1-2H3,(H4,14,15,16,17). The summed E-state index contributed by atoms with van der Waals surface area (Å²) in [4.78, 5) is 16.5. The number of guanidine groups is 1. The number of hydrogen-bond donors (Lipinski definition) is 2. The highest BCUT2D eigenvalue weighted by atomic mass is 32.2. The van der Waals surface area contributed by atoms with Gasteiger partial charge in [0.1, 0.15) is 0 Å². The van der Waals surface area contributed by atoms with Gasteiger partial charge in [-0.25, -0.2) is 0 Å². The fourth-order valence-electron chi connectivity index (χ4n) is 1.91. The third-order valence-electron chi connectivity index (χ3n) is 2.72.